The van der Waals surface area contributed by atoms with Crippen LogP contribution in [0.3, 0.4) is 0 Å². The smallest absolute Gasteiger partial charge is 0.493 e. The Hall–Kier alpha value is 0.511. The molecule has 2 atom stereocenters. The van der Waals surface area contributed by atoms with Gasteiger partial charge in [0.2, 0.25) is 0 Å². The maximum absolute atomic E-state index is 12.9. The van der Waals surface area contributed by atoms with Crippen LogP contribution < -0.4 is 61.6 Å². The van der Waals surface area contributed by atoms with Crippen LogP contribution in [-0.2, 0) is 0 Å². The van der Waals surface area contributed by atoms with Crippen LogP contribution in [0, 0.1) is 5.92 Å². The van der Waals surface area contributed by atoms with Gasteiger partial charge in [-0.3, -0.25) is 0 Å². The van der Waals surface area contributed by atoms with Crippen LogP contribution in [0.15, 0.2) is 24.3 Å². The van der Waals surface area contributed by atoms with Crippen molar-refractivity contribution >= 4 is 12.4 Å². The van der Waals surface area contributed by atoms with E-state index >= 15 is 0 Å². The number of benzene rings is 1. The summed E-state index contributed by atoms with van der Waals surface area (Å²) in [7, 11) is 0. The van der Waals surface area contributed by atoms with Crippen LogP contribution in [0.5, 0.6) is 5.75 Å². The Morgan fingerprint density at radius 1 is 1.20 bits per heavy atom. The largest absolute Gasteiger partial charge is 1.00 e. The van der Waals surface area contributed by atoms with Gasteiger partial charge in [-0.15, -0.1) is 0 Å². The van der Waals surface area contributed by atoms with Crippen molar-refractivity contribution in [3.63, 3.8) is 0 Å². The second-order valence-corrected chi connectivity index (χ2v) is 5.29. The second-order valence-electron chi connectivity index (χ2n) is 5.29. The van der Waals surface area contributed by atoms with E-state index in [0.717, 1.165) is 31.7 Å². The maximum atomic E-state index is 12.9. The van der Waals surface area contributed by atoms with Crippen molar-refractivity contribution in [2.24, 2.45) is 5.92 Å². The van der Waals surface area contributed by atoms with Gasteiger partial charge in [-0.2, -0.15) is 0 Å². The zero-order valence-corrected chi connectivity index (χ0v) is 15.2. The van der Waals surface area contributed by atoms with E-state index in [0.29, 0.717) is 5.92 Å². The molecule has 0 N–H and O–H groups in total. The van der Waals surface area contributed by atoms with Gasteiger partial charge in [0.05, 0.1) is 11.9 Å². The predicted molar refractivity (Wildman–Crippen MR) is 71.8 cm³/mol. The van der Waals surface area contributed by atoms with Crippen molar-refractivity contribution in [3.8, 4) is 5.75 Å². The normalized spacial score (nSPS) is 23.0. The molecule has 0 aliphatic heterocycles. The molecule has 0 bridgehead atoms. The van der Waals surface area contributed by atoms with Crippen LogP contribution in [0.1, 0.15) is 39.0 Å². The Morgan fingerprint density at radius 2 is 1.90 bits per heavy atom. The van der Waals surface area contributed by atoms with Crippen molar-refractivity contribution < 1.29 is 69.1 Å². The Balaban J connectivity index is 0.00000200. The van der Waals surface area contributed by atoms with Crippen LogP contribution >= 0.6 is 0 Å². The Morgan fingerprint density at radius 3 is 2.55 bits per heavy atom. The van der Waals surface area contributed by atoms with Crippen LogP contribution in [0.25, 0.3) is 0 Å². The SMILES string of the molecule is CCC1CCCC(Oc2ccccc2[B-](F)(F)F)C1.[K+]. The van der Waals surface area contributed by atoms with E-state index in [4.69, 9.17) is 4.74 Å². The molecule has 2 rings (SSSR count). The van der Waals surface area contributed by atoms with Gasteiger partial charge in [0.15, 0.2) is 0 Å². The van der Waals surface area contributed by atoms with E-state index in [1.54, 1.807) is 6.07 Å². The second kappa shape index (κ2) is 8.22. The third kappa shape index (κ3) is 5.05. The molecule has 1 nitrogen and oxygen atoms in total. The number of rotatable bonds is 4. The maximum Gasteiger partial charge on any atom is 1.00 e. The number of para-hydroxylation sites is 1. The molecule has 6 heteroatoms. The first-order valence-corrected chi connectivity index (χ1v) is 6.96. The molecule has 106 valence electrons. The van der Waals surface area contributed by atoms with E-state index in [1.165, 1.54) is 18.6 Å². The summed E-state index contributed by atoms with van der Waals surface area (Å²) < 4.78 is 44.4. The van der Waals surface area contributed by atoms with Crippen molar-refractivity contribution in [3.05, 3.63) is 24.3 Å². The van der Waals surface area contributed by atoms with Gasteiger partial charge in [-0.05, 0) is 31.2 Å². The van der Waals surface area contributed by atoms with Crippen LogP contribution in [0.2, 0.25) is 0 Å². The van der Waals surface area contributed by atoms with Gasteiger partial charge in [0.1, 0.15) is 0 Å². The molecule has 0 spiro atoms. The number of halogens is 3. The van der Waals surface area contributed by atoms with Crippen molar-refractivity contribution in [1.29, 1.82) is 0 Å². The number of hydrogen-bond donors (Lipinski definition) is 0. The first-order chi connectivity index (χ1) is 9.00. The number of ether oxygens (including phenoxy) is 1. The zero-order valence-electron chi connectivity index (χ0n) is 12.1. The minimum absolute atomic E-state index is 0. The van der Waals surface area contributed by atoms with Gasteiger partial charge in [0.25, 0.3) is 0 Å². The third-order valence-electron chi connectivity index (χ3n) is 3.88. The first-order valence-electron chi connectivity index (χ1n) is 6.96. The molecule has 0 saturated heterocycles. The summed E-state index contributed by atoms with van der Waals surface area (Å²) in [5.41, 5.74) is -0.610. The summed E-state index contributed by atoms with van der Waals surface area (Å²) in [4.78, 5) is 0. The fraction of sp³-hybridized carbons (Fsp3) is 0.571. The van der Waals surface area contributed by atoms with Crippen LogP contribution in [0.4, 0.5) is 12.9 Å². The van der Waals surface area contributed by atoms with Gasteiger partial charge >= 0.3 is 58.4 Å². The number of hydrogen-bond acceptors (Lipinski definition) is 1. The standard InChI is InChI=1S/C14H19BF3O.K/c1-2-11-6-5-7-12(10-11)19-14-9-4-3-8-13(14)15(16,17)18;/h3-4,8-9,11-12H,2,5-7,10H2,1H3;/q-1;+1. The molecule has 0 aromatic heterocycles. The van der Waals surface area contributed by atoms with E-state index in [2.05, 4.69) is 6.92 Å². The molecule has 1 aromatic rings. The Bertz CT molecular complexity index is 425. The average Bonchev–Trinajstić information content (AvgIpc) is 2.38. The van der Waals surface area contributed by atoms with E-state index in [-0.39, 0.29) is 63.2 Å². The van der Waals surface area contributed by atoms with E-state index < -0.39 is 12.4 Å². The quantitative estimate of drug-likeness (QED) is 0.757. The van der Waals surface area contributed by atoms with Gasteiger partial charge < -0.3 is 17.7 Å². The minimum Gasteiger partial charge on any atom is -0.493 e. The molecule has 1 aliphatic rings. The third-order valence-corrected chi connectivity index (χ3v) is 3.88. The van der Waals surface area contributed by atoms with Crippen molar-refractivity contribution in [2.45, 2.75) is 45.1 Å². The predicted octanol–water partition coefficient (Wildman–Crippen LogP) is 1.09. The molecule has 0 heterocycles. The molecule has 0 amide bonds. The summed E-state index contributed by atoms with van der Waals surface area (Å²) >= 11 is 0. The zero-order chi connectivity index (χ0) is 13.9. The van der Waals surface area contributed by atoms with E-state index in [1.807, 2.05) is 0 Å². The molecule has 2 unspecified atom stereocenters. The van der Waals surface area contributed by atoms with E-state index in [9.17, 15) is 12.9 Å². The van der Waals surface area contributed by atoms with Gasteiger partial charge in [-0.25, -0.2) is 0 Å². The first kappa shape index (κ1) is 18.6. The van der Waals surface area contributed by atoms with Gasteiger partial charge in [-0.1, -0.05) is 43.4 Å². The minimum atomic E-state index is -5.01. The molecule has 20 heavy (non-hydrogen) atoms. The van der Waals surface area contributed by atoms with Crippen LogP contribution in [-0.4, -0.2) is 13.1 Å². The summed E-state index contributed by atoms with van der Waals surface area (Å²) in [5, 5.41) is 0. The summed E-state index contributed by atoms with van der Waals surface area (Å²) in [6.07, 6.45) is 4.94. The summed E-state index contributed by atoms with van der Waals surface area (Å²) in [5.74, 6) is 0.582. The molecule has 1 aromatic carbocycles. The Labute approximate surface area is 161 Å². The fourth-order valence-corrected chi connectivity index (χ4v) is 2.76. The molecule has 1 aliphatic carbocycles. The summed E-state index contributed by atoms with van der Waals surface area (Å²) in [6.45, 7) is -2.88. The monoisotopic (exact) mass is 310 g/mol. The summed E-state index contributed by atoms with van der Waals surface area (Å²) in [6, 6.07) is 5.55. The van der Waals surface area contributed by atoms with Gasteiger partial charge in [0, 0.05) is 0 Å². The topological polar surface area (TPSA) is 9.23 Å². The molecular formula is C14H19BF3KO. The average molecular weight is 310 g/mol. The van der Waals surface area contributed by atoms with Crippen molar-refractivity contribution in [1.82, 2.24) is 0 Å². The fourth-order valence-electron chi connectivity index (χ4n) is 2.76. The molecular weight excluding hydrogens is 291 g/mol. The molecule has 0 radical (unpaired) electrons. The molecule has 1 fully saturated rings. The Kier molecular flexibility index (Phi) is 7.63. The molecule has 1 saturated carbocycles. The van der Waals surface area contributed by atoms with Crippen molar-refractivity contribution in [2.75, 3.05) is 0 Å².